The average molecular weight is 211 g/mol. The third kappa shape index (κ3) is 3.15. The fourth-order valence-corrected chi connectivity index (χ4v) is 1.63. The summed E-state index contributed by atoms with van der Waals surface area (Å²) < 4.78 is 0. The molecule has 0 heterocycles. The molecule has 14 heavy (non-hydrogen) atoms. The first-order valence-corrected chi connectivity index (χ1v) is 5.22. The number of carbonyl (C=O) groups excluding carboxylic acids is 1. The first-order valence-electron chi connectivity index (χ1n) is 4.84. The lowest BCUT2D eigenvalue weighted by molar-refractivity contribution is -0.111. The van der Waals surface area contributed by atoms with Crippen molar-refractivity contribution in [2.75, 3.05) is 0 Å². The SMILES string of the molecule is Cc1cccc(CCCC(=O)Cl)c1C. The number of benzene rings is 1. The van der Waals surface area contributed by atoms with Gasteiger partial charge in [-0.2, -0.15) is 0 Å². The molecule has 0 aliphatic carbocycles. The number of carbonyl (C=O) groups is 1. The van der Waals surface area contributed by atoms with Gasteiger partial charge < -0.3 is 0 Å². The Labute approximate surface area is 90.1 Å². The quantitative estimate of drug-likeness (QED) is 0.697. The van der Waals surface area contributed by atoms with Crippen LogP contribution in [-0.2, 0) is 11.2 Å². The van der Waals surface area contributed by atoms with E-state index in [0.29, 0.717) is 6.42 Å². The van der Waals surface area contributed by atoms with Crippen LogP contribution >= 0.6 is 11.6 Å². The fraction of sp³-hybridized carbons (Fsp3) is 0.417. The second kappa shape index (κ2) is 5.16. The summed E-state index contributed by atoms with van der Waals surface area (Å²) in [6.07, 6.45) is 2.24. The monoisotopic (exact) mass is 210 g/mol. The van der Waals surface area contributed by atoms with Gasteiger partial charge in [0.25, 0.3) is 0 Å². The van der Waals surface area contributed by atoms with E-state index in [1.165, 1.54) is 16.7 Å². The van der Waals surface area contributed by atoms with Crippen LogP contribution in [0.2, 0.25) is 0 Å². The largest absolute Gasteiger partial charge is 0.281 e. The van der Waals surface area contributed by atoms with Gasteiger partial charge in [0.1, 0.15) is 0 Å². The summed E-state index contributed by atoms with van der Waals surface area (Å²) in [4.78, 5) is 10.6. The number of rotatable bonds is 4. The molecule has 0 aliphatic rings. The lowest BCUT2D eigenvalue weighted by Gasteiger charge is -2.07. The van der Waals surface area contributed by atoms with E-state index >= 15 is 0 Å². The Hall–Kier alpha value is -0.820. The van der Waals surface area contributed by atoms with Gasteiger partial charge in [-0.05, 0) is 55.0 Å². The Balaban J connectivity index is 2.59. The van der Waals surface area contributed by atoms with Crippen molar-refractivity contribution in [2.45, 2.75) is 33.1 Å². The third-order valence-corrected chi connectivity index (χ3v) is 2.73. The molecule has 0 saturated heterocycles. The Kier molecular flexibility index (Phi) is 4.15. The highest BCUT2D eigenvalue weighted by Gasteiger charge is 2.01. The maximum Gasteiger partial charge on any atom is 0.221 e. The predicted octanol–water partition coefficient (Wildman–Crippen LogP) is 3.39. The highest BCUT2D eigenvalue weighted by Crippen LogP contribution is 2.15. The van der Waals surface area contributed by atoms with Crippen LogP contribution in [0.3, 0.4) is 0 Å². The zero-order chi connectivity index (χ0) is 10.6. The molecule has 0 bridgehead atoms. The lowest BCUT2D eigenvalue weighted by Crippen LogP contribution is -1.94. The van der Waals surface area contributed by atoms with E-state index in [1.54, 1.807) is 0 Å². The summed E-state index contributed by atoms with van der Waals surface area (Å²) in [5.74, 6) is 0. The molecule has 0 unspecified atom stereocenters. The van der Waals surface area contributed by atoms with Crippen LogP contribution in [0.4, 0.5) is 0 Å². The second-order valence-electron chi connectivity index (χ2n) is 3.57. The minimum atomic E-state index is -0.240. The third-order valence-electron chi connectivity index (χ3n) is 2.54. The normalized spacial score (nSPS) is 10.2. The number of hydrogen-bond donors (Lipinski definition) is 0. The Morgan fingerprint density at radius 1 is 1.36 bits per heavy atom. The molecule has 1 aromatic carbocycles. The highest BCUT2D eigenvalue weighted by molar-refractivity contribution is 6.63. The summed E-state index contributed by atoms with van der Waals surface area (Å²) >= 11 is 5.28. The molecule has 0 amide bonds. The average Bonchev–Trinajstić information content (AvgIpc) is 2.12. The molecule has 0 N–H and O–H groups in total. The molecule has 0 atom stereocenters. The first-order chi connectivity index (χ1) is 6.61. The Bertz CT molecular complexity index is 331. The zero-order valence-electron chi connectivity index (χ0n) is 8.64. The van der Waals surface area contributed by atoms with Gasteiger partial charge in [0, 0.05) is 6.42 Å². The molecule has 1 nitrogen and oxygen atoms in total. The van der Waals surface area contributed by atoms with Gasteiger partial charge in [0.05, 0.1) is 0 Å². The van der Waals surface area contributed by atoms with Crippen LogP contribution in [0.5, 0.6) is 0 Å². The molecular weight excluding hydrogens is 196 g/mol. The van der Waals surface area contributed by atoms with Gasteiger partial charge in [0.15, 0.2) is 0 Å². The van der Waals surface area contributed by atoms with E-state index in [9.17, 15) is 4.79 Å². The molecule has 0 spiro atoms. The van der Waals surface area contributed by atoms with Gasteiger partial charge in [-0.15, -0.1) is 0 Å². The fourth-order valence-electron chi connectivity index (χ4n) is 1.50. The molecule has 0 aliphatic heterocycles. The highest BCUT2D eigenvalue weighted by atomic mass is 35.5. The van der Waals surface area contributed by atoms with Gasteiger partial charge in [-0.25, -0.2) is 0 Å². The molecule has 1 rings (SSSR count). The van der Waals surface area contributed by atoms with Gasteiger partial charge >= 0.3 is 0 Å². The van der Waals surface area contributed by atoms with Crippen molar-refractivity contribution in [3.8, 4) is 0 Å². The van der Waals surface area contributed by atoms with Gasteiger partial charge in [-0.3, -0.25) is 4.79 Å². The van der Waals surface area contributed by atoms with Gasteiger partial charge in [-0.1, -0.05) is 18.2 Å². The van der Waals surface area contributed by atoms with E-state index in [0.717, 1.165) is 12.8 Å². The van der Waals surface area contributed by atoms with Crippen LogP contribution in [-0.4, -0.2) is 5.24 Å². The topological polar surface area (TPSA) is 17.1 Å². The molecule has 1 aromatic rings. The number of aryl methyl sites for hydroxylation is 2. The van der Waals surface area contributed by atoms with Gasteiger partial charge in [0.2, 0.25) is 5.24 Å². The van der Waals surface area contributed by atoms with E-state index in [-0.39, 0.29) is 5.24 Å². The van der Waals surface area contributed by atoms with Crippen LogP contribution in [0.25, 0.3) is 0 Å². The van der Waals surface area contributed by atoms with E-state index in [2.05, 4.69) is 32.0 Å². The molecule has 0 aromatic heterocycles. The zero-order valence-corrected chi connectivity index (χ0v) is 9.40. The molecule has 0 saturated carbocycles. The van der Waals surface area contributed by atoms with Crippen molar-refractivity contribution in [1.82, 2.24) is 0 Å². The molecule has 2 heteroatoms. The summed E-state index contributed by atoms with van der Waals surface area (Å²) in [5, 5.41) is -0.240. The van der Waals surface area contributed by atoms with Crippen LogP contribution in [0.1, 0.15) is 29.5 Å². The van der Waals surface area contributed by atoms with Crippen LogP contribution in [0, 0.1) is 13.8 Å². The van der Waals surface area contributed by atoms with E-state index < -0.39 is 0 Å². The van der Waals surface area contributed by atoms with Crippen LogP contribution in [0.15, 0.2) is 18.2 Å². The van der Waals surface area contributed by atoms with E-state index in [1.807, 2.05) is 0 Å². The predicted molar refractivity (Wildman–Crippen MR) is 59.7 cm³/mol. The standard InChI is InChI=1S/C12H15ClO/c1-9-5-3-6-11(10(9)2)7-4-8-12(13)14/h3,5-6H,4,7-8H2,1-2H3. The molecular formula is C12H15ClO. The van der Waals surface area contributed by atoms with Crippen molar-refractivity contribution in [3.63, 3.8) is 0 Å². The summed E-state index contributed by atoms with van der Waals surface area (Å²) in [7, 11) is 0. The summed E-state index contributed by atoms with van der Waals surface area (Å²) in [5.41, 5.74) is 3.96. The Morgan fingerprint density at radius 3 is 2.71 bits per heavy atom. The lowest BCUT2D eigenvalue weighted by atomic mass is 9.99. The van der Waals surface area contributed by atoms with Crippen molar-refractivity contribution in [1.29, 1.82) is 0 Å². The summed E-state index contributed by atoms with van der Waals surface area (Å²) in [6.45, 7) is 4.22. The Morgan fingerprint density at radius 2 is 2.07 bits per heavy atom. The molecule has 76 valence electrons. The maximum atomic E-state index is 10.6. The molecule has 0 fully saturated rings. The smallest absolute Gasteiger partial charge is 0.221 e. The summed E-state index contributed by atoms with van der Waals surface area (Å²) in [6, 6.07) is 6.27. The van der Waals surface area contributed by atoms with Crippen molar-refractivity contribution in [2.24, 2.45) is 0 Å². The maximum absolute atomic E-state index is 10.6. The van der Waals surface area contributed by atoms with E-state index in [4.69, 9.17) is 11.6 Å². The minimum Gasteiger partial charge on any atom is -0.281 e. The van der Waals surface area contributed by atoms with Crippen molar-refractivity contribution < 1.29 is 4.79 Å². The number of hydrogen-bond acceptors (Lipinski definition) is 1. The van der Waals surface area contributed by atoms with Crippen molar-refractivity contribution in [3.05, 3.63) is 34.9 Å². The van der Waals surface area contributed by atoms with Crippen LogP contribution < -0.4 is 0 Å². The first kappa shape index (κ1) is 11.3. The molecule has 0 radical (unpaired) electrons. The number of halogens is 1. The second-order valence-corrected chi connectivity index (χ2v) is 3.99. The van der Waals surface area contributed by atoms with Crippen molar-refractivity contribution >= 4 is 16.8 Å². The minimum absolute atomic E-state index is 0.240.